The first-order valence-corrected chi connectivity index (χ1v) is 8.42. The van der Waals surface area contributed by atoms with Crippen molar-refractivity contribution in [2.75, 3.05) is 5.32 Å². The highest BCUT2D eigenvalue weighted by Gasteiger charge is 2.29. The van der Waals surface area contributed by atoms with E-state index >= 15 is 0 Å². The molecule has 0 aromatic heterocycles. The molecule has 0 bridgehead atoms. The Labute approximate surface area is 127 Å². The fourth-order valence-corrected chi connectivity index (χ4v) is 3.81. The highest BCUT2D eigenvalue weighted by Crippen LogP contribution is 2.28. The summed E-state index contributed by atoms with van der Waals surface area (Å²) in [7, 11) is 0. The van der Waals surface area contributed by atoms with E-state index in [-0.39, 0.29) is 11.9 Å². The Balaban J connectivity index is 1.61. The van der Waals surface area contributed by atoms with Crippen molar-refractivity contribution in [3.63, 3.8) is 0 Å². The molecule has 1 heterocycles. The number of anilines is 1. The highest BCUT2D eigenvalue weighted by atomic mass is 16.2. The minimum atomic E-state index is -0.0701. The van der Waals surface area contributed by atoms with E-state index in [4.69, 9.17) is 0 Å². The molecule has 1 fully saturated rings. The van der Waals surface area contributed by atoms with Gasteiger partial charge in [0.05, 0.1) is 0 Å². The van der Waals surface area contributed by atoms with Gasteiger partial charge >= 0.3 is 0 Å². The number of carbonyl (C=O) groups is 1. The quantitative estimate of drug-likeness (QED) is 0.893. The Morgan fingerprint density at radius 1 is 1.24 bits per heavy atom. The van der Waals surface area contributed by atoms with Crippen molar-refractivity contribution in [3.05, 3.63) is 29.8 Å². The SMILES string of the molecule is CCC1CCCCC1NC(=O)C1CCc2ccccc2N1. The molecule has 21 heavy (non-hydrogen) atoms. The van der Waals surface area contributed by atoms with Crippen LogP contribution in [0, 0.1) is 5.92 Å². The van der Waals surface area contributed by atoms with E-state index in [0.717, 1.165) is 24.9 Å². The van der Waals surface area contributed by atoms with E-state index in [1.807, 2.05) is 6.07 Å². The number of fused-ring (bicyclic) bond motifs is 1. The summed E-state index contributed by atoms with van der Waals surface area (Å²) in [5.41, 5.74) is 2.45. The van der Waals surface area contributed by atoms with Crippen LogP contribution in [0.4, 0.5) is 5.69 Å². The van der Waals surface area contributed by atoms with Gasteiger partial charge in [-0.05, 0) is 43.2 Å². The zero-order valence-electron chi connectivity index (χ0n) is 12.9. The van der Waals surface area contributed by atoms with Crippen molar-refractivity contribution in [2.24, 2.45) is 5.92 Å². The molecule has 0 saturated heterocycles. The average Bonchev–Trinajstić information content (AvgIpc) is 2.55. The minimum Gasteiger partial charge on any atom is -0.373 e. The van der Waals surface area contributed by atoms with Crippen LogP contribution in [0.15, 0.2) is 24.3 Å². The molecule has 2 N–H and O–H groups in total. The second kappa shape index (κ2) is 6.50. The molecule has 3 rings (SSSR count). The summed E-state index contributed by atoms with van der Waals surface area (Å²) in [5.74, 6) is 0.855. The van der Waals surface area contributed by atoms with Gasteiger partial charge in [-0.25, -0.2) is 0 Å². The maximum Gasteiger partial charge on any atom is 0.242 e. The number of hydrogen-bond donors (Lipinski definition) is 2. The third-order valence-corrected chi connectivity index (χ3v) is 5.13. The molecular weight excluding hydrogens is 260 g/mol. The molecule has 2 aliphatic rings. The van der Waals surface area contributed by atoms with Gasteiger partial charge in [0, 0.05) is 11.7 Å². The highest BCUT2D eigenvalue weighted by molar-refractivity contribution is 5.85. The van der Waals surface area contributed by atoms with Crippen LogP contribution in [0.5, 0.6) is 0 Å². The van der Waals surface area contributed by atoms with Crippen LogP contribution in [0.2, 0.25) is 0 Å². The van der Waals surface area contributed by atoms with Crippen LogP contribution in [-0.4, -0.2) is 18.0 Å². The molecule has 1 aromatic carbocycles. The van der Waals surface area contributed by atoms with Crippen molar-refractivity contribution in [2.45, 2.75) is 64.0 Å². The van der Waals surface area contributed by atoms with Gasteiger partial charge in [0.1, 0.15) is 6.04 Å². The summed E-state index contributed by atoms with van der Waals surface area (Å²) in [6.45, 7) is 2.24. The lowest BCUT2D eigenvalue weighted by Gasteiger charge is -2.34. The summed E-state index contributed by atoms with van der Waals surface area (Å²) >= 11 is 0. The third-order valence-electron chi connectivity index (χ3n) is 5.13. The van der Waals surface area contributed by atoms with E-state index in [1.165, 1.54) is 31.2 Å². The molecule has 3 nitrogen and oxygen atoms in total. The molecule has 1 amide bonds. The first-order chi connectivity index (χ1) is 10.3. The number of rotatable bonds is 3. The molecule has 1 aliphatic carbocycles. The zero-order chi connectivity index (χ0) is 14.7. The second-order valence-electron chi connectivity index (χ2n) is 6.46. The Morgan fingerprint density at radius 3 is 2.90 bits per heavy atom. The molecule has 0 radical (unpaired) electrons. The molecule has 3 heteroatoms. The van der Waals surface area contributed by atoms with Crippen molar-refractivity contribution in [1.82, 2.24) is 5.32 Å². The standard InChI is InChI=1S/C18H26N2O/c1-2-13-7-3-5-9-15(13)20-18(21)17-12-11-14-8-4-6-10-16(14)19-17/h4,6,8,10,13,15,17,19H,2-3,5,7,9,11-12H2,1H3,(H,20,21). The molecule has 1 aromatic rings. The lowest BCUT2D eigenvalue weighted by molar-refractivity contribution is -0.123. The van der Waals surface area contributed by atoms with Crippen LogP contribution in [-0.2, 0) is 11.2 Å². The Kier molecular flexibility index (Phi) is 4.47. The number of aryl methyl sites for hydroxylation is 1. The van der Waals surface area contributed by atoms with Gasteiger partial charge in [-0.2, -0.15) is 0 Å². The van der Waals surface area contributed by atoms with Crippen molar-refractivity contribution in [1.29, 1.82) is 0 Å². The predicted molar refractivity (Wildman–Crippen MR) is 86.4 cm³/mol. The van der Waals surface area contributed by atoms with Crippen molar-refractivity contribution >= 4 is 11.6 Å². The molecule has 1 saturated carbocycles. The van der Waals surface area contributed by atoms with Gasteiger partial charge in [-0.15, -0.1) is 0 Å². The summed E-state index contributed by atoms with van der Waals surface area (Å²) in [4.78, 5) is 12.6. The van der Waals surface area contributed by atoms with Crippen LogP contribution in [0.25, 0.3) is 0 Å². The lowest BCUT2D eigenvalue weighted by atomic mass is 9.82. The van der Waals surface area contributed by atoms with Crippen LogP contribution in [0.1, 0.15) is 51.0 Å². The Morgan fingerprint density at radius 2 is 2.05 bits per heavy atom. The van der Waals surface area contributed by atoms with Gasteiger partial charge in [0.2, 0.25) is 5.91 Å². The largest absolute Gasteiger partial charge is 0.373 e. The number of para-hydroxylation sites is 1. The minimum absolute atomic E-state index is 0.0701. The monoisotopic (exact) mass is 286 g/mol. The van der Waals surface area contributed by atoms with Crippen LogP contribution < -0.4 is 10.6 Å². The van der Waals surface area contributed by atoms with E-state index in [1.54, 1.807) is 0 Å². The molecule has 0 spiro atoms. The molecule has 1 aliphatic heterocycles. The van der Waals surface area contributed by atoms with Gasteiger partial charge in [-0.1, -0.05) is 44.4 Å². The summed E-state index contributed by atoms with van der Waals surface area (Å²) < 4.78 is 0. The Hall–Kier alpha value is -1.51. The smallest absolute Gasteiger partial charge is 0.242 e. The predicted octanol–water partition coefficient (Wildman–Crippen LogP) is 3.50. The van der Waals surface area contributed by atoms with E-state index in [9.17, 15) is 4.79 Å². The fraction of sp³-hybridized carbons (Fsp3) is 0.611. The van der Waals surface area contributed by atoms with Gasteiger partial charge in [0.15, 0.2) is 0 Å². The van der Waals surface area contributed by atoms with Crippen molar-refractivity contribution in [3.8, 4) is 0 Å². The topological polar surface area (TPSA) is 41.1 Å². The summed E-state index contributed by atoms with van der Waals surface area (Å²) in [6, 6.07) is 8.62. The number of hydrogen-bond acceptors (Lipinski definition) is 2. The molecular formula is C18H26N2O. The first-order valence-electron chi connectivity index (χ1n) is 8.42. The molecule has 3 atom stereocenters. The third kappa shape index (κ3) is 3.22. The van der Waals surface area contributed by atoms with Gasteiger partial charge in [-0.3, -0.25) is 4.79 Å². The summed E-state index contributed by atoms with van der Waals surface area (Å²) in [5, 5.41) is 6.73. The maximum atomic E-state index is 12.6. The van der Waals surface area contributed by atoms with E-state index in [2.05, 4.69) is 35.8 Å². The molecule has 3 unspecified atom stereocenters. The zero-order valence-corrected chi connectivity index (χ0v) is 12.9. The first kappa shape index (κ1) is 14.4. The van der Waals surface area contributed by atoms with Crippen molar-refractivity contribution < 1.29 is 4.79 Å². The van der Waals surface area contributed by atoms with Crippen LogP contribution in [0.3, 0.4) is 0 Å². The van der Waals surface area contributed by atoms with Crippen LogP contribution >= 0.6 is 0 Å². The number of benzene rings is 1. The van der Waals surface area contributed by atoms with Gasteiger partial charge < -0.3 is 10.6 Å². The van der Waals surface area contributed by atoms with Gasteiger partial charge in [0.25, 0.3) is 0 Å². The summed E-state index contributed by atoms with van der Waals surface area (Å²) in [6.07, 6.45) is 8.04. The van der Waals surface area contributed by atoms with E-state index in [0.29, 0.717) is 12.0 Å². The second-order valence-corrected chi connectivity index (χ2v) is 6.46. The maximum absolute atomic E-state index is 12.6. The average molecular weight is 286 g/mol. The lowest BCUT2D eigenvalue weighted by Crippen LogP contribution is -2.49. The fourth-order valence-electron chi connectivity index (χ4n) is 3.81. The number of nitrogens with one attached hydrogen (secondary N) is 2. The Bertz CT molecular complexity index is 500. The number of amides is 1. The van der Waals surface area contributed by atoms with E-state index < -0.39 is 0 Å². The molecule has 114 valence electrons. The number of carbonyl (C=O) groups excluding carboxylic acids is 1. The normalized spacial score (nSPS) is 28.3.